The molecule has 0 aliphatic rings. The lowest BCUT2D eigenvalue weighted by molar-refractivity contribution is 0.0949. The summed E-state index contributed by atoms with van der Waals surface area (Å²) >= 11 is 5.53. The number of anilines is 1. The number of thioether (sulfide) groups is 1. The van der Waals surface area contributed by atoms with Crippen LogP contribution in [0.3, 0.4) is 0 Å². The van der Waals surface area contributed by atoms with Crippen molar-refractivity contribution in [2.75, 3.05) is 12.0 Å². The van der Waals surface area contributed by atoms with Gasteiger partial charge in [-0.3, -0.25) is 4.79 Å². The quantitative estimate of drug-likeness (QED) is 0.239. The number of halogens is 1. The Hall–Kier alpha value is -2.00. The lowest BCUT2D eigenvalue weighted by Gasteiger charge is -1.99. The number of aromatic nitrogens is 5. The summed E-state index contributed by atoms with van der Waals surface area (Å²) in [5, 5.41) is 18.8. The van der Waals surface area contributed by atoms with Crippen LogP contribution >= 0.6 is 45.7 Å². The minimum Gasteiger partial charge on any atom is -0.378 e. The van der Waals surface area contributed by atoms with Crippen LogP contribution in [0.4, 0.5) is 5.82 Å². The third-order valence-corrected chi connectivity index (χ3v) is 6.12. The number of nitrogens with two attached hydrogens (primary N) is 1. The normalized spacial score (nSPS) is 11.3. The van der Waals surface area contributed by atoms with E-state index in [9.17, 15) is 4.79 Å². The smallest absolute Gasteiger partial charge is 0.293 e. The van der Waals surface area contributed by atoms with Crippen LogP contribution in [-0.2, 0) is 0 Å². The lowest BCUT2D eigenvalue weighted by atomic mass is 10.3. The van der Waals surface area contributed by atoms with E-state index < -0.39 is 5.91 Å². The molecule has 0 saturated heterocycles. The first-order chi connectivity index (χ1) is 12.0. The third-order valence-electron chi connectivity index (χ3n) is 3.06. The topological polar surface area (TPSA) is 137 Å². The Morgan fingerprint density at radius 2 is 2.36 bits per heavy atom. The predicted molar refractivity (Wildman–Crippen MR) is 102 cm³/mol. The minimum absolute atomic E-state index is 0.0506. The summed E-state index contributed by atoms with van der Waals surface area (Å²) in [5.41, 5.74) is 9.54. The maximum Gasteiger partial charge on any atom is 0.293 e. The number of nitrogens with zero attached hydrogens (tertiary/aromatic N) is 6. The van der Waals surface area contributed by atoms with Gasteiger partial charge in [0, 0.05) is 5.56 Å². The summed E-state index contributed by atoms with van der Waals surface area (Å²) in [6, 6.07) is 1.99. The van der Waals surface area contributed by atoms with E-state index >= 15 is 0 Å². The van der Waals surface area contributed by atoms with Gasteiger partial charge >= 0.3 is 0 Å². The monoisotopic (exact) mass is 490 g/mol. The number of rotatable bonds is 5. The highest BCUT2D eigenvalue weighted by molar-refractivity contribution is 14.1. The van der Waals surface area contributed by atoms with E-state index in [-0.39, 0.29) is 17.3 Å². The fraction of sp³-hybridized carbons (Fsp3) is 0.167. The van der Waals surface area contributed by atoms with Crippen LogP contribution in [0.25, 0.3) is 5.82 Å². The zero-order chi connectivity index (χ0) is 18.0. The van der Waals surface area contributed by atoms with Gasteiger partial charge in [0.25, 0.3) is 5.91 Å². The molecule has 0 saturated carbocycles. The average molecular weight is 490 g/mol. The third kappa shape index (κ3) is 3.67. The highest BCUT2D eigenvalue weighted by atomic mass is 127. The van der Waals surface area contributed by atoms with Gasteiger partial charge in [-0.05, 0) is 52.2 Å². The molecule has 0 atom stereocenters. The first kappa shape index (κ1) is 17.8. The maximum atomic E-state index is 12.2. The van der Waals surface area contributed by atoms with E-state index in [1.165, 1.54) is 4.68 Å². The van der Waals surface area contributed by atoms with Crippen molar-refractivity contribution in [2.24, 2.45) is 5.10 Å². The molecule has 13 heteroatoms. The summed E-state index contributed by atoms with van der Waals surface area (Å²) in [6.45, 7) is 1.65. The van der Waals surface area contributed by atoms with Crippen LogP contribution in [0, 0.1) is 9.81 Å². The van der Waals surface area contributed by atoms with Crippen molar-refractivity contribution >= 4 is 63.6 Å². The zero-order valence-corrected chi connectivity index (χ0v) is 16.7. The highest BCUT2D eigenvalue weighted by Crippen LogP contribution is 2.30. The van der Waals surface area contributed by atoms with Crippen molar-refractivity contribution in [3.63, 3.8) is 0 Å². The maximum absolute atomic E-state index is 12.2. The molecule has 25 heavy (non-hydrogen) atoms. The Labute approximate surface area is 163 Å². The molecule has 0 aliphatic carbocycles. The van der Waals surface area contributed by atoms with Gasteiger partial charge in [0.2, 0.25) is 11.6 Å². The van der Waals surface area contributed by atoms with Crippen molar-refractivity contribution in [3.05, 3.63) is 25.9 Å². The molecule has 0 radical (unpaired) electrons. The lowest BCUT2D eigenvalue weighted by Crippen LogP contribution is -2.19. The van der Waals surface area contributed by atoms with Gasteiger partial charge in [0.1, 0.15) is 0 Å². The van der Waals surface area contributed by atoms with Crippen LogP contribution in [0.5, 0.6) is 0 Å². The number of nitrogens with one attached hydrogen (secondary N) is 1. The van der Waals surface area contributed by atoms with Crippen molar-refractivity contribution in [1.29, 1.82) is 0 Å². The molecule has 0 unspecified atom stereocenters. The molecule has 130 valence electrons. The SMILES string of the molecule is CSc1sc(I)cc1/C=N\NC(=O)c1nnn(-c2nonc2N)c1C. The number of carbonyl (C=O) groups is 1. The number of hydrogen-bond acceptors (Lipinski definition) is 10. The van der Waals surface area contributed by atoms with E-state index in [0.717, 1.165) is 12.7 Å². The van der Waals surface area contributed by atoms with Gasteiger partial charge in [0.15, 0.2) is 5.69 Å². The number of nitrogen functional groups attached to an aromatic ring is 1. The van der Waals surface area contributed by atoms with Gasteiger partial charge in [-0.15, -0.1) is 28.2 Å². The number of hydrogen-bond donors (Lipinski definition) is 2. The Morgan fingerprint density at radius 1 is 1.56 bits per heavy atom. The average Bonchev–Trinajstić information content (AvgIpc) is 3.26. The van der Waals surface area contributed by atoms with Crippen LogP contribution in [0.2, 0.25) is 0 Å². The number of hydrazone groups is 1. The Kier molecular flexibility index (Phi) is 5.33. The first-order valence-corrected chi connectivity index (χ1v) is 9.80. The molecule has 3 rings (SSSR count). The summed E-state index contributed by atoms with van der Waals surface area (Å²) < 4.78 is 8.07. The molecule has 0 aromatic carbocycles. The van der Waals surface area contributed by atoms with E-state index in [0.29, 0.717) is 5.69 Å². The number of amides is 1. The minimum atomic E-state index is -0.495. The standard InChI is InChI=1S/C12H11IN8O2S2/c1-5-8(16-20-21(5)10-9(14)18-23-19-10)11(22)17-15-4-6-3-7(13)25-12(6)24-2/h3-4H,1-2H3,(H2,14,18)(H,17,22)/b15-4-. The van der Waals surface area contributed by atoms with Crippen molar-refractivity contribution in [2.45, 2.75) is 11.1 Å². The number of carbonyl (C=O) groups excluding carboxylic acids is 1. The van der Waals surface area contributed by atoms with E-state index in [2.05, 4.69) is 58.4 Å². The fourth-order valence-corrected chi connectivity index (χ4v) is 4.89. The molecule has 3 aromatic heterocycles. The summed E-state index contributed by atoms with van der Waals surface area (Å²) in [6.07, 6.45) is 3.59. The fourth-order valence-electron chi connectivity index (χ4n) is 1.90. The molecule has 0 aliphatic heterocycles. The molecule has 10 nitrogen and oxygen atoms in total. The molecule has 3 heterocycles. The molecule has 0 fully saturated rings. The van der Waals surface area contributed by atoms with Crippen molar-refractivity contribution in [1.82, 2.24) is 30.7 Å². The van der Waals surface area contributed by atoms with Crippen LogP contribution in [0.15, 0.2) is 20.0 Å². The second kappa shape index (κ2) is 7.49. The predicted octanol–water partition coefficient (Wildman–Crippen LogP) is 1.69. The van der Waals surface area contributed by atoms with Gasteiger partial charge in [-0.25, -0.2) is 10.1 Å². The second-order valence-corrected chi connectivity index (χ2v) is 8.63. The van der Waals surface area contributed by atoms with Gasteiger partial charge in [-0.1, -0.05) is 5.21 Å². The molecule has 1 amide bonds. The Morgan fingerprint density at radius 3 is 3.04 bits per heavy atom. The van der Waals surface area contributed by atoms with Crippen LogP contribution in [0.1, 0.15) is 21.7 Å². The zero-order valence-electron chi connectivity index (χ0n) is 12.9. The summed E-state index contributed by atoms with van der Waals surface area (Å²) in [4.78, 5) is 12.2. The number of thiophene rings is 1. The Bertz CT molecular complexity index is 947. The van der Waals surface area contributed by atoms with Crippen molar-refractivity contribution in [3.8, 4) is 5.82 Å². The molecule has 3 aromatic rings. The van der Waals surface area contributed by atoms with Gasteiger partial charge in [-0.2, -0.15) is 9.78 Å². The largest absolute Gasteiger partial charge is 0.378 e. The van der Waals surface area contributed by atoms with E-state index in [4.69, 9.17) is 5.73 Å². The highest BCUT2D eigenvalue weighted by Gasteiger charge is 2.20. The first-order valence-electron chi connectivity index (χ1n) is 6.68. The molecular formula is C12H11IN8O2S2. The summed E-state index contributed by atoms with van der Waals surface area (Å²) in [7, 11) is 0. The molecule has 0 spiro atoms. The van der Waals surface area contributed by atoms with Crippen molar-refractivity contribution < 1.29 is 9.42 Å². The van der Waals surface area contributed by atoms with E-state index in [1.807, 2.05) is 12.3 Å². The van der Waals surface area contributed by atoms with Crippen LogP contribution in [-0.4, -0.2) is 43.7 Å². The molecule has 0 bridgehead atoms. The molecular weight excluding hydrogens is 479 g/mol. The second-order valence-electron chi connectivity index (χ2n) is 4.60. The van der Waals surface area contributed by atoms with Gasteiger partial charge < -0.3 is 5.73 Å². The summed E-state index contributed by atoms with van der Waals surface area (Å²) in [5.74, 6) is -0.273. The molecule has 3 N–H and O–H groups in total. The Balaban J connectivity index is 1.75. The van der Waals surface area contributed by atoms with Crippen LogP contribution < -0.4 is 11.2 Å². The van der Waals surface area contributed by atoms with Gasteiger partial charge in [0.05, 0.1) is 19.0 Å². The van der Waals surface area contributed by atoms with E-state index in [1.54, 1.807) is 36.2 Å².